The summed E-state index contributed by atoms with van der Waals surface area (Å²) >= 11 is 5.89. The van der Waals surface area contributed by atoms with E-state index in [-0.39, 0.29) is 6.42 Å². The molecule has 1 aromatic rings. The van der Waals surface area contributed by atoms with Crippen molar-refractivity contribution in [3.63, 3.8) is 0 Å². The Morgan fingerprint density at radius 3 is 2.69 bits per heavy atom. The molecule has 1 aromatic heterocycles. The fraction of sp³-hybridized carbons (Fsp3) is 0.444. The molecule has 0 saturated heterocycles. The van der Waals surface area contributed by atoms with Crippen LogP contribution in [0.25, 0.3) is 0 Å². The van der Waals surface area contributed by atoms with E-state index in [4.69, 9.17) is 16.9 Å². The Balaban J connectivity index is 3.23. The van der Waals surface area contributed by atoms with Crippen molar-refractivity contribution in [1.82, 2.24) is 9.97 Å². The van der Waals surface area contributed by atoms with E-state index < -0.39 is 0 Å². The van der Waals surface area contributed by atoms with Gasteiger partial charge in [-0.2, -0.15) is 5.26 Å². The molecule has 1 heterocycles. The Kier molecular flexibility index (Phi) is 3.21. The van der Waals surface area contributed by atoms with Gasteiger partial charge in [0, 0.05) is 11.3 Å². The van der Waals surface area contributed by atoms with Gasteiger partial charge in [0.25, 0.3) is 0 Å². The number of hydrogen-bond acceptors (Lipinski definition) is 3. The molecule has 1 rings (SSSR count). The van der Waals surface area contributed by atoms with Gasteiger partial charge in [-0.25, -0.2) is 9.97 Å². The van der Waals surface area contributed by atoms with Crippen LogP contribution in [0.5, 0.6) is 0 Å². The summed E-state index contributed by atoms with van der Waals surface area (Å²) in [6.45, 7) is 3.78. The second-order valence-corrected chi connectivity index (χ2v) is 3.03. The number of aryl methyl sites for hydroxylation is 2. The average molecular weight is 196 g/mol. The molecule has 0 amide bonds. The van der Waals surface area contributed by atoms with Gasteiger partial charge in [0.15, 0.2) is 0 Å². The summed E-state index contributed by atoms with van der Waals surface area (Å²) in [5.74, 6) is 0.656. The van der Waals surface area contributed by atoms with Gasteiger partial charge < -0.3 is 0 Å². The third kappa shape index (κ3) is 2.16. The van der Waals surface area contributed by atoms with Gasteiger partial charge in [0.1, 0.15) is 11.0 Å². The van der Waals surface area contributed by atoms with E-state index in [1.54, 1.807) is 6.92 Å². The van der Waals surface area contributed by atoms with E-state index in [9.17, 15) is 0 Å². The standard InChI is InChI=1S/C9H10ClN3/c1-3-8-7(4-5-11)9(10)13-6(2)12-8/h3-4H2,1-2H3. The molecule has 0 saturated carbocycles. The van der Waals surface area contributed by atoms with Crippen molar-refractivity contribution >= 4 is 11.6 Å². The SMILES string of the molecule is CCc1nc(C)nc(Cl)c1CC#N. The third-order valence-electron chi connectivity index (χ3n) is 1.74. The maximum atomic E-state index is 8.57. The smallest absolute Gasteiger partial charge is 0.137 e. The predicted octanol–water partition coefficient (Wildman–Crippen LogP) is 2.07. The molecule has 0 unspecified atom stereocenters. The van der Waals surface area contributed by atoms with Gasteiger partial charge in [-0.15, -0.1) is 0 Å². The van der Waals surface area contributed by atoms with Crippen molar-refractivity contribution in [1.29, 1.82) is 5.26 Å². The van der Waals surface area contributed by atoms with E-state index in [0.29, 0.717) is 11.0 Å². The zero-order valence-corrected chi connectivity index (χ0v) is 8.39. The molecule has 0 aromatic carbocycles. The number of hydrogen-bond donors (Lipinski definition) is 0. The van der Waals surface area contributed by atoms with Crippen molar-refractivity contribution in [2.24, 2.45) is 0 Å². The Labute approximate surface area is 82.4 Å². The molecule has 0 fully saturated rings. The van der Waals surface area contributed by atoms with E-state index in [1.165, 1.54) is 0 Å². The van der Waals surface area contributed by atoms with Crippen LogP contribution < -0.4 is 0 Å². The van der Waals surface area contributed by atoms with Gasteiger partial charge in [0.05, 0.1) is 12.5 Å². The molecular weight excluding hydrogens is 186 g/mol. The molecule has 3 nitrogen and oxygen atoms in total. The molecule has 13 heavy (non-hydrogen) atoms. The van der Waals surface area contributed by atoms with Crippen LogP contribution in [0.3, 0.4) is 0 Å². The van der Waals surface area contributed by atoms with Crippen LogP contribution in [0.1, 0.15) is 24.0 Å². The van der Waals surface area contributed by atoms with Gasteiger partial charge in [0.2, 0.25) is 0 Å². The monoisotopic (exact) mass is 195 g/mol. The first-order valence-corrected chi connectivity index (χ1v) is 4.45. The summed E-state index contributed by atoms with van der Waals surface area (Å²) in [5, 5.41) is 8.98. The zero-order valence-electron chi connectivity index (χ0n) is 7.63. The fourth-order valence-corrected chi connectivity index (χ4v) is 1.46. The maximum Gasteiger partial charge on any atom is 0.137 e. The lowest BCUT2D eigenvalue weighted by atomic mass is 10.1. The van der Waals surface area contributed by atoms with E-state index in [1.807, 2.05) is 6.92 Å². The van der Waals surface area contributed by atoms with E-state index >= 15 is 0 Å². The highest BCUT2D eigenvalue weighted by atomic mass is 35.5. The molecule has 4 heteroatoms. The highest BCUT2D eigenvalue weighted by Gasteiger charge is 2.09. The molecule has 0 bridgehead atoms. The molecule has 0 aliphatic heterocycles. The van der Waals surface area contributed by atoms with Crippen molar-refractivity contribution in [3.05, 3.63) is 22.2 Å². The lowest BCUT2D eigenvalue weighted by molar-refractivity contribution is 0.913. The van der Waals surface area contributed by atoms with Gasteiger partial charge >= 0.3 is 0 Å². The van der Waals surface area contributed by atoms with E-state index in [0.717, 1.165) is 17.7 Å². The average Bonchev–Trinajstić information content (AvgIpc) is 2.09. The molecule has 0 N–H and O–H groups in total. The van der Waals surface area contributed by atoms with Crippen LogP contribution in [0.4, 0.5) is 0 Å². The number of nitriles is 1. The molecule has 0 spiro atoms. The molecule has 0 aliphatic carbocycles. The van der Waals surface area contributed by atoms with Crippen LogP contribution in [0.2, 0.25) is 5.15 Å². The Morgan fingerprint density at radius 1 is 1.46 bits per heavy atom. The fourth-order valence-electron chi connectivity index (χ4n) is 1.16. The van der Waals surface area contributed by atoms with Crippen LogP contribution in [0.15, 0.2) is 0 Å². The highest BCUT2D eigenvalue weighted by molar-refractivity contribution is 6.30. The summed E-state index contributed by atoms with van der Waals surface area (Å²) in [5.41, 5.74) is 1.64. The topological polar surface area (TPSA) is 49.6 Å². The van der Waals surface area contributed by atoms with Gasteiger partial charge in [-0.3, -0.25) is 0 Å². The van der Waals surface area contributed by atoms with Crippen molar-refractivity contribution < 1.29 is 0 Å². The molecular formula is C9H10ClN3. The predicted molar refractivity (Wildman–Crippen MR) is 50.5 cm³/mol. The maximum absolute atomic E-state index is 8.57. The van der Waals surface area contributed by atoms with E-state index in [2.05, 4.69) is 16.0 Å². The summed E-state index contributed by atoms with van der Waals surface area (Å²) < 4.78 is 0. The lowest BCUT2D eigenvalue weighted by Crippen LogP contribution is -2.02. The summed E-state index contributed by atoms with van der Waals surface area (Å²) in [6, 6.07) is 2.05. The Bertz CT molecular complexity index is 355. The minimum Gasteiger partial charge on any atom is -0.238 e. The van der Waals surface area contributed by atoms with Crippen molar-refractivity contribution in [3.8, 4) is 6.07 Å². The first-order valence-electron chi connectivity index (χ1n) is 4.07. The minimum absolute atomic E-state index is 0.280. The second-order valence-electron chi connectivity index (χ2n) is 2.68. The number of halogens is 1. The number of rotatable bonds is 2. The van der Waals surface area contributed by atoms with Crippen molar-refractivity contribution in [2.75, 3.05) is 0 Å². The largest absolute Gasteiger partial charge is 0.238 e. The van der Waals surface area contributed by atoms with Crippen LogP contribution in [-0.4, -0.2) is 9.97 Å². The van der Waals surface area contributed by atoms with Gasteiger partial charge in [-0.1, -0.05) is 18.5 Å². The summed E-state index contributed by atoms with van der Waals surface area (Å²) in [7, 11) is 0. The number of aromatic nitrogens is 2. The summed E-state index contributed by atoms with van der Waals surface area (Å²) in [6.07, 6.45) is 1.06. The lowest BCUT2D eigenvalue weighted by Gasteiger charge is -2.05. The third-order valence-corrected chi connectivity index (χ3v) is 2.06. The Morgan fingerprint density at radius 2 is 2.15 bits per heavy atom. The molecule has 0 aliphatic rings. The molecule has 0 radical (unpaired) electrons. The van der Waals surface area contributed by atoms with Crippen LogP contribution in [-0.2, 0) is 12.8 Å². The zero-order chi connectivity index (χ0) is 9.84. The number of nitrogens with zero attached hydrogens (tertiary/aromatic N) is 3. The Hall–Kier alpha value is -1.14. The van der Waals surface area contributed by atoms with Crippen molar-refractivity contribution in [2.45, 2.75) is 26.7 Å². The second kappa shape index (κ2) is 4.20. The van der Waals surface area contributed by atoms with Crippen LogP contribution >= 0.6 is 11.6 Å². The first kappa shape index (κ1) is 9.94. The highest BCUT2D eigenvalue weighted by Crippen LogP contribution is 2.17. The quantitative estimate of drug-likeness (QED) is 0.679. The van der Waals surface area contributed by atoms with Gasteiger partial charge in [-0.05, 0) is 13.3 Å². The molecule has 0 atom stereocenters. The summed E-state index contributed by atoms with van der Waals surface area (Å²) in [4.78, 5) is 8.23. The first-order chi connectivity index (χ1) is 6.19. The molecule has 68 valence electrons. The normalized spacial score (nSPS) is 9.69. The van der Waals surface area contributed by atoms with Crippen LogP contribution in [0, 0.1) is 18.3 Å². The minimum atomic E-state index is 0.280.